The molecule has 2 aromatic carbocycles. The van der Waals surface area contributed by atoms with Crippen LogP contribution in [0.3, 0.4) is 0 Å². The van der Waals surface area contributed by atoms with Crippen LogP contribution in [0.4, 0.5) is 4.79 Å². The van der Waals surface area contributed by atoms with E-state index in [0.717, 1.165) is 71.8 Å². The van der Waals surface area contributed by atoms with Crippen LogP contribution in [0, 0.1) is 5.92 Å². The number of hydrogen-bond acceptors (Lipinski definition) is 9. The van der Waals surface area contributed by atoms with Crippen molar-refractivity contribution in [3.8, 4) is 33.9 Å². The van der Waals surface area contributed by atoms with Crippen LogP contribution in [0.5, 0.6) is 0 Å². The van der Waals surface area contributed by atoms with Crippen molar-refractivity contribution >= 4 is 17.9 Å². The molecule has 0 unspecified atom stereocenters. The van der Waals surface area contributed by atoms with E-state index in [4.69, 9.17) is 9.72 Å². The maximum atomic E-state index is 14.2. The molecule has 0 aliphatic carbocycles. The van der Waals surface area contributed by atoms with Crippen LogP contribution < -0.4 is 5.32 Å². The third kappa shape index (κ3) is 9.39. The molecule has 0 saturated carbocycles. The summed E-state index contributed by atoms with van der Waals surface area (Å²) in [6, 6.07) is 16.9. The Bertz CT molecular complexity index is 2080. The number of aromatic amines is 2. The van der Waals surface area contributed by atoms with Crippen molar-refractivity contribution in [1.29, 1.82) is 0 Å². The van der Waals surface area contributed by atoms with Crippen LogP contribution in [-0.2, 0) is 20.9 Å². The standard InChI is InChI=1S/C43H54N10O4/c1-7-21-52(41(54)37(28(4)5)50-43(56)57-6)27-36-44-25-34(48-36)32-23-45-39(46-24-32)31-19-17-29(18-20-31)33-26-47-40(49-33)35-16-13-22-53(35)42(55)38(51(8-2)9-3)30-14-11-10-12-15-30/h10-12,14-15,17-20,23-26,28,35,37-38H,7-9,13,16,21-22,27H2,1-6H3,(H,44,48)(H,47,49)(H,50,56)/t35-,37-,38+/m0/s1. The Morgan fingerprint density at radius 3 is 2.18 bits per heavy atom. The number of benzene rings is 2. The summed E-state index contributed by atoms with van der Waals surface area (Å²) in [6.45, 7) is 13.0. The second-order valence-corrected chi connectivity index (χ2v) is 14.6. The van der Waals surface area contributed by atoms with Gasteiger partial charge in [-0.1, -0.05) is 89.2 Å². The van der Waals surface area contributed by atoms with Crippen LogP contribution in [0.15, 0.2) is 79.4 Å². The number of imidazole rings is 2. The third-order valence-electron chi connectivity index (χ3n) is 10.6. The van der Waals surface area contributed by atoms with Crippen molar-refractivity contribution in [2.75, 3.05) is 33.3 Å². The van der Waals surface area contributed by atoms with Gasteiger partial charge >= 0.3 is 6.09 Å². The average molecular weight is 775 g/mol. The highest BCUT2D eigenvalue weighted by Crippen LogP contribution is 2.35. The molecule has 1 aliphatic rings. The number of likely N-dealkylation sites (N-methyl/N-ethyl adjacent to an activating group) is 1. The van der Waals surface area contributed by atoms with Gasteiger partial charge in [0, 0.05) is 36.6 Å². The summed E-state index contributed by atoms with van der Waals surface area (Å²) in [5.41, 5.74) is 5.20. The molecule has 3 N–H and O–H groups in total. The van der Waals surface area contributed by atoms with Gasteiger partial charge in [-0.3, -0.25) is 14.5 Å². The Hall–Kier alpha value is -5.89. The molecule has 6 rings (SSSR count). The summed E-state index contributed by atoms with van der Waals surface area (Å²) in [6.07, 6.45) is 8.92. The first-order chi connectivity index (χ1) is 27.6. The third-order valence-corrected chi connectivity index (χ3v) is 10.6. The molecule has 14 heteroatoms. The minimum absolute atomic E-state index is 0.115. The Kier molecular flexibility index (Phi) is 13.5. The minimum atomic E-state index is -0.721. The Labute approximate surface area is 334 Å². The molecule has 4 heterocycles. The summed E-state index contributed by atoms with van der Waals surface area (Å²) in [4.78, 5) is 70.9. The highest BCUT2D eigenvalue weighted by atomic mass is 16.5. The minimum Gasteiger partial charge on any atom is -0.453 e. The Balaban J connectivity index is 1.11. The first kappa shape index (κ1) is 40.8. The molecule has 3 aromatic heterocycles. The Morgan fingerprint density at radius 2 is 1.53 bits per heavy atom. The zero-order chi connectivity index (χ0) is 40.5. The summed E-state index contributed by atoms with van der Waals surface area (Å²) in [7, 11) is 1.28. The van der Waals surface area contributed by atoms with E-state index in [1.54, 1.807) is 23.5 Å². The monoisotopic (exact) mass is 774 g/mol. The zero-order valence-corrected chi connectivity index (χ0v) is 33.7. The molecule has 1 aliphatic heterocycles. The van der Waals surface area contributed by atoms with Crippen molar-refractivity contribution < 1.29 is 19.1 Å². The van der Waals surface area contributed by atoms with Crippen molar-refractivity contribution in [3.63, 3.8) is 0 Å². The number of alkyl carbamates (subject to hydrolysis) is 1. The van der Waals surface area contributed by atoms with Crippen molar-refractivity contribution in [2.24, 2.45) is 5.92 Å². The van der Waals surface area contributed by atoms with Gasteiger partial charge in [0.15, 0.2) is 5.82 Å². The molecule has 14 nitrogen and oxygen atoms in total. The number of H-pyrrole nitrogens is 2. The first-order valence-electron chi connectivity index (χ1n) is 19.9. The molecule has 3 atom stereocenters. The fourth-order valence-electron chi connectivity index (χ4n) is 7.48. The number of ether oxygens (including phenoxy) is 1. The van der Waals surface area contributed by atoms with Gasteiger partial charge in [-0.05, 0) is 49.4 Å². The van der Waals surface area contributed by atoms with Crippen LogP contribution in [0.2, 0.25) is 0 Å². The van der Waals surface area contributed by atoms with Crippen molar-refractivity contribution in [2.45, 2.75) is 78.6 Å². The number of amides is 3. The van der Waals surface area contributed by atoms with E-state index >= 15 is 0 Å². The van der Waals surface area contributed by atoms with E-state index in [9.17, 15) is 14.4 Å². The van der Waals surface area contributed by atoms with Crippen LogP contribution in [0.25, 0.3) is 33.9 Å². The lowest BCUT2D eigenvalue weighted by Crippen LogP contribution is -2.51. The van der Waals surface area contributed by atoms with Gasteiger partial charge in [0.1, 0.15) is 23.7 Å². The maximum Gasteiger partial charge on any atom is 0.407 e. The lowest BCUT2D eigenvalue weighted by molar-refractivity contribution is -0.138. The van der Waals surface area contributed by atoms with Gasteiger partial charge in [0.05, 0.1) is 43.5 Å². The van der Waals surface area contributed by atoms with E-state index in [1.165, 1.54) is 7.11 Å². The van der Waals surface area contributed by atoms with Crippen LogP contribution in [-0.4, -0.2) is 102 Å². The van der Waals surface area contributed by atoms with Crippen LogP contribution in [0.1, 0.15) is 83.2 Å². The lowest BCUT2D eigenvalue weighted by Gasteiger charge is -2.34. The average Bonchev–Trinajstić information content (AvgIpc) is 4.04. The molecule has 1 saturated heterocycles. The number of carbonyl (C=O) groups is 3. The normalized spacial score (nSPS) is 15.2. The summed E-state index contributed by atoms with van der Waals surface area (Å²) < 4.78 is 4.74. The summed E-state index contributed by atoms with van der Waals surface area (Å²) in [5.74, 6) is 1.78. The number of nitrogens with one attached hydrogen (secondary N) is 3. The second-order valence-electron chi connectivity index (χ2n) is 14.6. The van der Waals surface area contributed by atoms with E-state index in [0.29, 0.717) is 24.7 Å². The summed E-state index contributed by atoms with van der Waals surface area (Å²) in [5, 5.41) is 2.66. The number of carbonyl (C=O) groups excluding carboxylic acids is 3. The molecule has 5 aromatic rings. The number of likely N-dealkylation sites (tertiary alicyclic amines) is 1. The lowest BCUT2D eigenvalue weighted by atomic mass is 10.0. The predicted molar refractivity (Wildman–Crippen MR) is 218 cm³/mol. The van der Waals surface area contributed by atoms with Gasteiger partial charge in [-0.15, -0.1) is 0 Å². The maximum absolute atomic E-state index is 14.2. The number of rotatable bonds is 16. The van der Waals surface area contributed by atoms with Crippen molar-refractivity contribution in [1.82, 2.24) is 49.9 Å². The fraction of sp³-hybridized carbons (Fsp3) is 0.419. The van der Waals surface area contributed by atoms with Gasteiger partial charge < -0.3 is 29.8 Å². The zero-order valence-electron chi connectivity index (χ0n) is 33.7. The topological polar surface area (TPSA) is 165 Å². The molecule has 3 amide bonds. The molecular weight excluding hydrogens is 721 g/mol. The molecule has 300 valence electrons. The molecule has 1 fully saturated rings. The summed E-state index contributed by atoms with van der Waals surface area (Å²) >= 11 is 0. The predicted octanol–water partition coefficient (Wildman–Crippen LogP) is 6.79. The fourth-order valence-corrected chi connectivity index (χ4v) is 7.48. The quantitative estimate of drug-likeness (QED) is 0.0979. The largest absolute Gasteiger partial charge is 0.453 e. The van der Waals surface area contributed by atoms with Crippen molar-refractivity contribution in [3.05, 3.63) is 96.6 Å². The van der Waals surface area contributed by atoms with E-state index in [1.807, 2.05) is 86.5 Å². The van der Waals surface area contributed by atoms with E-state index < -0.39 is 12.1 Å². The highest BCUT2D eigenvalue weighted by molar-refractivity contribution is 5.86. The number of hydrogen-bond donors (Lipinski definition) is 3. The molecule has 0 radical (unpaired) electrons. The molecule has 57 heavy (non-hydrogen) atoms. The molecular formula is C43H54N10O4. The van der Waals surface area contributed by atoms with Gasteiger partial charge in [-0.25, -0.2) is 24.7 Å². The SMILES string of the molecule is CCCN(Cc1ncc(-c2cnc(-c3ccc(-c4cnc([C@@H]5CCCN5C(=O)[C@@H](c5ccccc5)N(CC)CC)[nH]4)cc3)nc2)[nH]1)C(=O)[C@@H](NC(=O)OC)C(C)C. The number of aromatic nitrogens is 6. The van der Waals surface area contributed by atoms with E-state index in [-0.39, 0.29) is 36.4 Å². The first-order valence-corrected chi connectivity index (χ1v) is 19.9. The van der Waals surface area contributed by atoms with Crippen LogP contribution >= 0.6 is 0 Å². The molecule has 0 bridgehead atoms. The van der Waals surface area contributed by atoms with Gasteiger partial charge in [0.2, 0.25) is 11.8 Å². The van der Waals surface area contributed by atoms with E-state index in [2.05, 4.69) is 49.0 Å². The second kappa shape index (κ2) is 18.8. The van der Waals surface area contributed by atoms with Gasteiger partial charge in [-0.2, -0.15) is 0 Å². The smallest absolute Gasteiger partial charge is 0.407 e. The number of methoxy groups -OCH3 is 1. The number of nitrogens with zero attached hydrogens (tertiary/aromatic N) is 7. The Morgan fingerprint density at radius 1 is 0.860 bits per heavy atom. The molecule has 0 spiro atoms. The van der Waals surface area contributed by atoms with Gasteiger partial charge in [0.25, 0.3) is 0 Å². The highest BCUT2D eigenvalue weighted by Gasteiger charge is 2.38.